The summed E-state index contributed by atoms with van der Waals surface area (Å²) in [5.41, 5.74) is 0.509. The van der Waals surface area contributed by atoms with E-state index in [9.17, 15) is 23.7 Å². The number of hydrogen-bond donors (Lipinski definition) is 2. The Hall–Kier alpha value is -5.15. The number of benzene rings is 3. The average molecular weight is 621 g/mol. The van der Waals surface area contributed by atoms with E-state index in [0.29, 0.717) is 15.9 Å². The van der Waals surface area contributed by atoms with E-state index in [-0.39, 0.29) is 48.9 Å². The fourth-order valence-corrected chi connectivity index (χ4v) is 6.28. The summed E-state index contributed by atoms with van der Waals surface area (Å²) < 4.78 is 35.1. The first kappa shape index (κ1) is 33.4. The smallest absolute Gasteiger partial charge is 0.412 e. The van der Waals surface area contributed by atoms with E-state index in [0.717, 1.165) is 0 Å². The van der Waals surface area contributed by atoms with Crippen LogP contribution in [0.1, 0.15) is 13.8 Å². The van der Waals surface area contributed by atoms with Crippen LogP contribution in [-0.4, -0.2) is 50.4 Å². The molecular weight excluding hydrogens is 587 g/mol. The van der Waals surface area contributed by atoms with Crippen molar-refractivity contribution in [2.75, 3.05) is 26.3 Å². The van der Waals surface area contributed by atoms with E-state index in [1.54, 1.807) is 48.5 Å². The van der Waals surface area contributed by atoms with Gasteiger partial charge in [0, 0.05) is 27.1 Å². The molecule has 11 nitrogen and oxygen atoms in total. The average Bonchev–Trinajstić information content (AvgIpc) is 3.01. The van der Waals surface area contributed by atoms with Crippen LogP contribution < -0.4 is 36.0 Å². The van der Waals surface area contributed by atoms with Gasteiger partial charge in [0.15, 0.2) is 7.14 Å². The van der Waals surface area contributed by atoms with Crippen molar-refractivity contribution in [1.29, 1.82) is 0 Å². The fourth-order valence-electron chi connectivity index (χ4n) is 3.66. The molecule has 230 valence electrons. The van der Waals surface area contributed by atoms with Crippen LogP contribution >= 0.6 is 7.14 Å². The summed E-state index contributed by atoms with van der Waals surface area (Å²) in [6, 6.07) is 21.5. The molecule has 0 saturated carbocycles. The highest BCUT2D eigenvalue weighted by atomic mass is 31.2. The second-order valence-corrected chi connectivity index (χ2v) is 12.2. The second kappa shape index (κ2) is 15.9. The maximum Gasteiger partial charge on any atom is 0.412 e. The second-order valence-electron chi connectivity index (χ2n) is 9.40. The normalized spacial score (nSPS) is 10.6. The molecule has 0 aliphatic carbocycles. The third-order valence-corrected chi connectivity index (χ3v) is 8.92. The van der Waals surface area contributed by atoms with Crippen molar-refractivity contribution in [3.8, 4) is 11.5 Å². The molecule has 0 bridgehead atoms. The molecule has 2 amide bonds. The van der Waals surface area contributed by atoms with Gasteiger partial charge in [0.1, 0.15) is 24.7 Å². The number of rotatable bonds is 13. The molecule has 0 aliphatic heterocycles. The molecule has 12 heteroatoms. The van der Waals surface area contributed by atoms with Gasteiger partial charge >= 0.3 is 24.1 Å². The van der Waals surface area contributed by atoms with E-state index >= 15 is 0 Å². The Bertz CT molecular complexity index is 1460. The van der Waals surface area contributed by atoms with E-state index < -0.39 is 31.3 Å². The maximum atomic E-state index is 14.7. The Kier molecular flexibility index (Phi) is 12.1. The van der Waals surface area contributed by atoms with Crippen molar-refractivity contribution in [2.24, 2.45) is 0 Å². The van der Waals surface area contributed by atoms with Gasteiger partial charge in [-0.1, -0.05) is 43.5 Å². The molecule has 0 spiro atoms. The molecule has 0 aromatic heterocycles. The van der Waals surface area contributed by atoms with Crippen molar-refractivity contribution < 1.29 is 42.7 Å². The van der Waals surface area contributed by atoms with Crippen molar-refractivity contribution in [2.45, 2.75) is 13.8 Å². The Morgan fingerprint density at radius 3 is 1.34 bits per heavy atom. The number of esters is 2. The number of nitrogens with one attached hydrogen (secondary N) is 2. The van der Waals surface area contributed by atoms with Gasteiger partial charge in [-0.25, -0.2) is 19.2 Å². The summed E-state index contributed by atoms with van der Waals surface area (Å²) >= 11 is 0. The molecule has 0 radical (unpaired) electrons. The van der Waals surface area contributed by atoms with Crippen molar-refractivity contribution in [3.05, 3.63) is 103 Å². The van der Waals surface area contributed by atoms with E-state index in [1.165, 1.54) is 38.1 Å². The van der Waals surface area contributed by atoms with Gasteiger partial charge in [-0.15, -0.1) is 0 Å². The monoisotopic (exact) mass is 620 g/mol. The van der Waals surface area contributed by atoms with Crippen molar-refractivity contribution in [1.82, 2.24) is 10.6 Å². The van der Waals surface area contributed by atoms with E-state index in [4.69, 9.17) is 18.9 Å². The highest BCUT2D eigenvalue weighted by Crippen LogP contribution is 2.42. The Morgan fingerprint density at radius 1 is 0.614 bits per heavy atom. The molecular formula is C32H33N2O9P. The number of carbonyl (C=O) groups excluding carboxylic acids is 4. The van der Waals surface area contributed by atoms with Crippen LogP contribution in [0, 0.1) is 0 Å². The van der Waals surface area contributed by atoms with E-state index in [2.05, 4.69) is 23.8 Å². The number of carbonyl (C=O) groups is 4. The first-order valence-corrected chi connectivity index (χ1v) is 15.1. The third-order valence-electron chi connectivity index (χ3n) is 5.85. The van der Waals surface area contributed by atoms with Crippen molar-refractivity contribution in [3.63, 3.8) is 0 Å². The lowest BCUT2D eigenvalue weighted by Crippen LogP contribution is -2.31. The molecule has 3 aromatic rings. The molecule has 0 saturated heterocycles. The standard InChI is InChI=1S/C32H33N2O9P/c1-22(2)29(35)40-20-18-33-31(37)42-24-10-14-27(15-11-24)44(39,26-8-6-5-7-9-26)28-16-12-25(13-17-28)43-32(38)34-19-21-41-30(36)23(3)4/h5-17H,1,3,18-21H2,2,4H3,(H,33,37)(H,34,38). The zero-order valence-corrected chi connectivity index (χ0v) is 25.3. The summed E-state index contributed by atoms with van der Waals surface area (Å²) in [7, 11) is -3.39. The summed E-state index contributed by atoms with van der Waals surface area (Å²) in [6.45, 7) is 10.0. The van der Waals surface area contributed by atoms with Gasteiger partial charge in [0.25, 0.3) is 0 Å². The summed E-state index contributed by atoms with van der Waals surface area (Å²) in [5.74, 6) is -0.674. The number of ether oxygens (including phenoxy) is 4. The largest absolute Gasteiger partial charge is 0.460 e. The van der Waals surface area contributed by atoms with Gasteiger partial charge in [0.05, 0.1) is 13.1 Å². The van der Waals surface area contributed by atoms with Gasteiger partial charge in [-0.05, 0) is 62.4 Å². The Labute approximate surface area is 255 Å². The van der Waals surface area contributed by atoms with Crippen LogP contribution in [0.4, 0.5) is 9.59 Å². The van der Waals surface area contributed by atoms with Crippen LogP contribution in [-0.2, 0) is 23.6 Å². The summed E-state index contributed by atoms with van der Waals surface area (Å²) in [4.78, 5) is 47.1. The molecule has 3 rings (SSSR count). The van der Waals surface area contributed by atoms with Gasteiger partial charge in [-0.2, -0.15) is 0 Å². The third kappa shape index (κ3) is 9.43. The van der Waals surface area contributed by atoms with Crippen LogP contribution in [0.2, 0.25) is 0 Å². The van der Waals surface area contributed by atoms with Crippen LogP contribution in [0.15, 0.2) is 103 Å². The first-order chi connectivity index (χ1) is 21.0. The molecule has 44 heavy (non-hydrogen) atoms. The van der Waals surface area contributed by atoms with Crippen molar-refractivity contribution >= 4 is 47.2 Å². The molecule has 3 aromatic carbocycles. The van der Waals surface area contributed by atoms with Gasteiger partial charge in [-0.3, -0.25) is 0 Å². The SMILES string of the molecule is C=C(C)C(=O)OCCNC(=O)Oc1ccc(P(=O)(c2ccccc2)c2ccc(OC(=O)NCCOC(=O)C(=C)C)cc2)cc1. The molecule has 0 unspecified atom stereocenters. The summed E-state index contributed by atoms with van der Waals surface area (Å²) in [5, 5.41) is 6.50. The first-order valence-electron chi connectivity index (χ1n) is 13.4. The zero-order valence-electron chi connectivity index (χ0n) is 24.4. The quantitative estimate of drug-likeness (QED) is 0.126. The predicted molar refractivity (Wildman–Crippen MR) is 165 cm³/mol. The van der Waals surface area contributed by atoms with E-state index in [1.807, 2.05) is 6.07 Å². The fraction of sp³-hybridized carbons (Fsp3) is 0.188. The Morgan fingerprint density at radius 2 is 0.977 bits per heavy atom. The zero-order chi connectivity index (χ0) is 32.1. The number of hydrogen-bond acceptors (Lipinski definition) is 9. The lowest BCUT2D eigenvalue weighted by molar-refractivity contribution is -0.139. The minimum Gasteiger partial charge on any atom is -0.460 e. The Balaban J connectivity index is 1.67. The highest BCUT2D eigenvalue weighted by molar-refractivity contribution is 7.85. The van der Waals surface area contributed by atoms with Gasteiger partial charge in [0.2, 0.25) is 0 Å². The van der Waals surface area contributed by atoms with Crippen LogP contribution in [0.5, 0.6) is 11.5 Å². The maximum absolute atomic E-state index is 14.7. The van der Waals surface area contributed by atoms with Gasteiger partial charge < -0.3 is 34.1 Å². The van der Waals surface area contributed by atoms with Crippen LogP contribution in [0.25, 0.3) is 0 Å². The lowest BCUT2D eigenvalue weighted by atomic mass is 10.3. The lowest BCUT2D eigenvalue weighted by Gasteiger charge is -2.20. The van der Waals surface area contributed by atoms with Crippen LogP contribution in [0.3, 0.4) is 0 Å². The molecule has 0 heterocycles. The topological polar surface area (TPSA) is 146 Å². The molecule has 0 atom stereocenters. The number of amides is 2. The molecule has 0 fully saturated rings. The molecule has 0 aliphatic rings. The minimum atomic E-state index is -3.39. The summed E-state index contributed by atoms with van der Waals surface area (Å²) in [6.07, 6.45) is -1.49. The highest BCUT2D eigenvalue weighted by Gasteiger charge is 2.30. The molecule has 2 N–H and O–H groups in total. The predicted octanol–water partition coefficient (Wildman–Crippen LogP) is 3.74. The minimum absolute atomic E-state index is 0.0402.